The number of furan rings is 1. The predicted octanol–water partition coefficient (Wildman–Crippen LogP) is 3.35. The summed E-state index contributed by atoms with van der Waals surface area (Å²) in [5.74, 6) is -0.212. The summed E-state index contributed by atoms with van der Waals surface area (Å²) in [6.07, 6.45) is 1.41. The van der Waals surface area contributed by atoms with Crippen molar-refractivity contribution in [2.45, 2.75) is 11.4 Å². The number of anilines is 1. The van der Waals surface area contributed by atoms with Gasteiger partial charge in [0, 0.05) is 19.3 Å². The Morgan fingerprint density at radius 2 is 1.69 bits per heavy atom. The predicted molar refractivity (Wildman–Crippen MR) is 98.2 cm³/mol. The summed E-state index contributed by atoms with van der Waals surface area (Å²) in [5, 5.41) is 2.65. The molecule has 0 saturated carbocycles. The van der Waals surface area contributed by atoms with Gasteiger partial charge in [-0.2, -0.15) is 4.31 Å². The fourth-order valence-electron chi connectivity index (χ4n) is 2.42. The van der Waals surface area contributed by atoms with Crippen molar-refractivity contribution in [2.24, 2.45) is 0 Å². The maximum Gasteiger partial charge on any atom is 0.291 e. The molecule has 0 bridgehead atoms. The average Bonchev–Trinajstić information content (AvgIpc) is 3.18. The molecule has 3 aromatic rings. The first-order valence-electron chi connectivity index (χ1n) is 7.92. The van der Waals surface area contributed by atoms with Gasteiger partial charge in [0.1, 0.15) is 0 Å². The molecule has 1 N–H and O–H groups in total. The molecular formula is C19H18N2O4S. The van der Waals surface area contributed by atoms with Gasteiger partial charge < -0.3 is 9.73 Å². The number of hydrogen-bond donors (Lipinski definition) is 1. The van der Waals surface area contributed by atoms with E-state index >= 15 is 0 Å². The molecule has 3 rings (SSSR count). The van der Waals surface area contributed by atoms with Gasteiger partial charge in [0.05, 0.1) is 11.2 Å². The van der Waals surface area contributed by atoms with Crippen LogP contribution in [0.1, 0.15) is 16.1 Å². The molecule has 1 amide bonds. The molecule has 26 heavy (non-hydrogen) atoms. The second-order valence-corrected chi connectivity index (χ2v) is 7.75. The van der Waals surface area contributed by atoms with Crippen LogP contribution in [0.3, 0.4) is 0 Å². The molecule has 7 heteroatoms. The highest BCUT2D eigenvalue weighted by Crippen LogP contribution is 2.19. The van der Waals surface area contributed by atoms with Gasteiger partial charge in [-0.15, -0.1) is 0 Å². The molecule has 1 heterocycles. The van der Waals surface area contributed by atoms with Crippen molar-refractivity contribution in [2.75, 3.05) is 12.4 Å². The third-order valence-corrected chi connectivity index (χ3v) is 5.63. The van der Waals surface area contributed by atoms with Crippen LogP contribution in [0.25, 0.3) is 0 Å². The normalized spacial score (nSPS) is 11.5. The zero-order chi connectivity index (χ0) is 18.6. The number of nitrogens with one attached hydrogen (secondary N) is 1. The first kappa shape index (κ1) is 17.9. The van der Waals surface area contributed by atoms with Crippen LogP contribution in [0.4, 0.5) is 5.69 Å². The zero-order valence-corrected chi connectivity index (χ0v) is 14.9. The smallest absolute Gasteiger partial charge is 0.291 e. The summed E-state index contributed by atoms with van der Waals surface area (Å²) in [6, 6.07) is 18.6. The molecule has 6 nitrogen and oxygen atoms in total. The number of amides is 1. The Labute approximate surface area is 152 Å². The minimum absolute atomic E-state index is 0.159. The Bertz CT molecular complexity index is 966. The monoisotopic (exact) mass is 370 g/mol. The van der Waals surface area contributed by atoms with Crippen molar-refractivity contribution in [3.63, 3.8) is 0 Å². The third kappa shape index (κ3) is 4.01. The fraction of sp³-hybridized carbons (Fsp3) is 0.105. The summed E-state index contributed by atoms with van der Waals surface area (Å²) in [6.45, 7) is 0.278. The molecule has 2 aromatic carbocycles. The van der Waals surface area contributed by atoms with Crippen molar-refractivity contribution in [1.82, 2.24) is 4.31 Å². The number of sulfonamides is 1. The van der Waals surface area contributed by atoms with E-state index < -0.39 is 15.9 Å². The Kier molecular flexibility index (Phi) is 5.20. The first-order valence-corrected chi connectivity index (χ1v) is 9.36. The lowest BCUT2D eigenvalue weighted by Crippen LogP contribution is -2.26. The Balaban J connectivity index is 1.71. The topological polar surface area (TPSA) is 79.6 Å². The molecule has 1 aromatic heterocycles. The summed E-state index contributed by atoms with van der Waals surface area (Å²) in [4.78, 5) is 12.1. The highest BCUT2D eigenvalue weighted by Gasteiger charge is 2.21. The zero-order valence-electron chi connectivity index (χ0n) is 14.1. The maximum absolute atomic E-state index is 12.7. The van der Waals surface area contributed by atoms with Gasteiger partial charge in [-0.3, -0.25) is 4.79 Å². The van der Waals surface area contributed by atoms with Crippen LogP contribution >= 0.6 is 0 Å². The van der Waals surface area contributed by atoms with Crippen molar-refractivity contribution in [3.05, 3.63) is 84.3 Å². The molecule has 0 atom stereocenters. The summed E-state index contributed by atoms with van der Waals surface area (Å²) < 4.78 is 31.7. The average molecular weight is 370 g/mol. The molecule has 0 fully saturated rings. The molecule has 0 aliphatic carbocycles. The minimum Gasteiger partial charge on any atom is -0.459 e. The SMILES string of the molecule is CN(Cc1ccccc1)S(=O)(=O)c1ccc(NC(=O)c2ccco2)cc1. The van der Waals surface area contributed by atoms with Gasteiger partial charge in [0.25, 0.3) is 5.91 Å². The number of carbonyl (C=O) groups excluding carboxylic acids is 1. The van der Waals surface area contributed by atoms with Crippen LogP contribution in [0.2, 0.25) is 0 Å². The van der Waals surface area contributed by atoms with E-state index in [0.29, 0.717) is 5.69 Å². The number of nitrogens with zero attached hydrogens (tertiary/aromatic N) is 1. The van der Waals surface area contributed by atoms with Crippen molar-refractivity contribution in [3.8, 4) is 0 Å². The van der Waals surface area contributed by atoms with Gasteiger partial charge in [0.2, 0.25) is 10.0 Å². The lowest BCUT2D eigenvalue weighted by Gasteiger charge is -2.17. The van der Waals surface area contributed by atoms with Crippen molar-refractivity contribution in [1.29, 1.82) is 0 Å². The first-order chi connectivity index (χ1) is 12.5. The molecule has 0 radical (unpaired) electrons. The van der Waals surface area contributed by atoms with Gasteiger partial charge in [0.15, 0.2) is 5.76 Å². The van der Waals surface area contributed by atoms with Gasteiger partial charge >= 0.3 is 0 Å². The second-order valence-electron chi connectivity index (χ2n) is 5.70. The fourth-order valence-corrected chi connectivity index (χ4v) is 3.58. The second kappa shape index (κ2) is 7.55. The van der Waals surface area contributed by atoms with E-state index in [9.17, 15) is 13.2 Å². The van der Waals surface area contributed by atoms with Crippen LogP contribution < -0.4 is 5.32 Å². The molecule has 0 saturated heterocycles. The molecule has 134 valence electrons. The van der Waals surface area contributed by atoms with Crippen LogP contribution in [0.5, 0.6) is 0 Å². The Hall–Kier alpha value is -2.90. The number of hydrogen-bond acceptors (Lipinski definition) is 4. The quantitative estimate of drug-likeness (QED) is 0.722. The van der Waals surface area contributed by atoms with E-state index in [2.05, 4.69) is 5.32 Å². The van der Waals surface area contributed by atoms with E-state index in [1.807, 2.05) is 30.3 Å². The van der Waals surface area contributed by atoms with Crippen LogP contribution in [0.15, 0.2) is 82.3 Å². The summed E-state index contributed by atoms with van der Waals surface area (Å²) >= 11 is 0. The van der Waals surface area contributed by atoms with Crippen molar-refractivity contribution >= 4 is 21.6 Å². The lowest BCUT2D eigenvalue weighted by atomic mass is 10.2. The molecule has 0 aliphatic rings. The lowest BCUT2D eigenvalue weighted by molar-refractivity contribution is 0.0996. The molecule has 0 aliphatic heterocycles. The van der Waals surface area contributed by atoms with E-state index in [0.717, 1.165) is 5.56 Å². The van der Waals surface area contributed by atoms with Crippen molar-refractivity contribution < 1.29 is 17.6 Å². The highest BCUT2D eigenvalue weighted by atomic mass is 32.2. The largest absolute Gasteiger partial charge is 0.459 e. The number of benzene rings is 2. The highest BCUT2D eigenvalue weighted by molar-refractivity contribution is 7.89. The minimum atomic E-state index is -3.62. The molecule has 0 spiro atoms. The molecular weight excluding hydrogens is 352 g/mol. The van der Waals surface area contributed by atoms with E-state index in [1.54, 1.807) is 24.3 Å². The van der Waals surface area contributed by atoms with E-state index in [-0.39, 0.29) is 17.2 Å². The van der Waals surface area contributed by atoms with E-state index in [1.165, 1.54) is 29.7 Å². The standard InChI is InChI=1S/C19H18N2O4S/c1-21(14-15-6-3-2-4-7-15)26(23,24)17-11-9-16(10-12-17)20-19(22)18-8-5-13-25-18/h2-13H,14H2,1H3,(H,20,22). The Morgan fingerprint density at radius 3 is 2.31 bits per heavy atom. The van der Waals surface area contributed by atoms with Gasteiger partial charge in [-0.05, 0) is 42.0 Å². The van der Waals surface area contributed by atoms with Crippen LogP contribution in [0, 0.1) is 0 Å². The summed E-state index contributed by atoms with van der Waals surface area (Å²) in [7, 11) is -2.09. The summed E-state index contributed by atoms with van der Waals surface area (Å²) in [5.41, 5.74) is 1.39. The van der Waals surface area contributed by atoms with Gasteiger partial charge in [-0.1, -0.05) is 30.3 Å². The molecule has 0 unspecified atom stereocenters. The maximum atomic E-state index is 12.7. The Morgan fingerprint density at radius 1 is 1.00 bits per heavy atom. The number of rotatable bonds is 6. The van der Waals surface area contributed by atoms with Crippen LogP contribution in [-0.4, -0.2) is 25.7 Å². The third-order valence-electron chi connectivity index (χ3n) is 3.81. The van der Waals surface area contributed by atoms with E-state index in [4.69, 9.17) is 4.42 Å². The van der Waals surface area contributed by atoms with Crippen LogP contribution in [-0.2, 0) is 16.6 Å². The number of carbonyl (C=O) groups is 1. The van der Waals surface area contributed by atoms with Gasteiger partial charge in [-0.25, -0.2) is 8.42 Å².